The van der Waals surface area contributed by atoms with Crippen molar-refractivity contribution in [3.05, 3.63) is 0 Å². The second-order valence-electron chi connectivity index (χ2n) is 7.07. The summed E-state index contributed by atoms with van der Waals surface area (Å²) in [4.78, 5) is 14.6. The van der Waals surface area contributed by atoms with Crippen LogP contribution in [-0.4, -0.2) is 62.1 Å². The molecule has 6 nitrogen and oxygen atoms in total. The number of amides is 1. The molecule has 21 heavy (non-hydrogen) atoms. The fraction of sp³-hybridized carbons (Fsp3) is 0.929. The molecule has 7 heteroatoms. The number of sulfone groups is 1. The molecule has 2 aliphatic heterocycles. The van der Waals surface area contributed by atoms with Crippen LogP contribution >= 0.6 is 0 Å². The van der Waals surface area contributed by atoms with Gasteiger partial charge >= 0.3 is 0 Å². The van der Waals surface area contributed by atoms with Gasteiger partial charge in [-0.3, -0.25) is 4.79 Å². The van der Waals surface area contributed by atoms with Crippen molar-refractivity contribution in [1.29, 1.82) is 0 Å². The number of hydrogen-bond acceptors (Lipinski definition) is 5. The van der Waals surface area contributed by atoms with Crippen LogP contribution < -0.4 is 5.73 Å². The maximum Gasteiger partial charge on any atom is 0.243 e. The summed E-state index contributed by atoms with van der Waals surface area (Å²) in [7, 11) is -2.99. The normalized spacial score (nSPS) is 41.0. The Kier molecular flexibility index (Phi) is 3.39. The molecule has 3 rings (SSSR count). The maximum absolute atomic E-state index is 12.9. The topological polar surface area (TPSA) is 89.7 Å². The molecule has 0 bridgehead atoms. The van der Waals surface area contributed by atoms with Crippen molar-refractivity contribution in [3.63, 3.8) is 0 Å². The lowest BCUT2D eigenvalue weighted by Crippen LogP contribution is -2.82. The summed E-state index contributed by atoms with van der Waals surface area (Å²) >= 11 is 0. The zero-order valence-corrected chi connectivity index (χ0v) is 13.5. The number of nitrogens with two attached hydrogens (primary N) is 1. The lowest BCUT2D eigenvalue weighted by molar-refractivity contribution is -0.230. The zero-order valence-electron chi connectivity index (χ0n) is 12.7. The van der Waals surface area contributed by atoms with Crippen molar-refractivity contribution in [2.75, 3.05) is 31.2 Å². The summed E-state index contributed by atoms with van der Waals surface area (Å²) in [5.74, 6) is 0.0288. The van der Waals surface area contributed by atoms with Gasteiger partial charge in [0.2, 0.25) is 5.91 Å². The summed E-state index contributed by atoms with van der Waals surface area (Å²) < 4.78 is 28.8. The van der Waals surface area contributed by atoms with E-state index in [0.717, 1.165) is 19.4 Å². The lowest BCUT2D eigenvalue weighted by atomic mass is 9.46. The molecule has 120 valence electrons. The predicted molar refractivity (Wildman–Crippen MR) is 78.4 cm³/mol. The van der Waals surface area contributed by atoms with E-state index < -0.39 is 20.8 Å². The van der Waals surface area contributed by atoms with Crippen LogP contribution in [0.4, 0.5) is 0 Å². The Morgan fingerprint density at radius 1 is 1.29 bits per heavy atom. The Morgan fingerprint density at radius 2 is 1.90 bits per heavy atom. The van der Waals surface area contributed by atoms with Gasteiger partial charge in [0.05, 0.1) is 17.6 Å². The van der Waals surface area contributed by atoms with Gasteiger partial charge in [0.1, 0.15) is 5.54 Å². The van der Waals surface area contributed by atoms with Gasteiger partial charge in [-0.05, 0) is 12.8 Å². The molecular weight excluding hydrogens is 292 g/mol. The molecule has 3 unspecified atom stereocenters. The fourth-order valence-electron chi connectivity index (χ4n) is 4.19. The molecule has 3 aliphatic rings. The SMILES string of the molecule is CC1(C)C2OCCCC2C1(N)C(=O)N1CCS(=O)(=O)CC1. The van der Waals surface area contributed by atoms with E-state index in [1.807, 2.05) is 13.8 Å². The first kappa shape index (κ1) is 15.2. The molecule has 0 radical (unpaired) electrons. The van der Waals surface area contributed by atoms with Gasteiger partial charge < -0.3 is 15.4 Å². The zero-order chi connectivity index (χ0) is 15.5. The molecular formula is C14H24N2O4S. The Hall–Kier alpha value is -0.660. The molecule has 0 aromatic carbocycles. The summed E-state index contributed by atoms with van der Waals surface area (Å²) in [5, 5.41) is 0. The van der Waals surface area contributed by atoms with Gasteiger partial charge in [0.25, 0.3) is 0 Å². The number of hydrogen-bond donors (Lipinski definition) is 1. The molecule has 3 atom stereocenters. The van der Waals surface area contributed by atoms with E-state index in [-0.39, 0.29) is 42.5 Å². The quantitative estimate of drug-likeness (QED) is 0.722. The van der Waals surface area contributed by atoms with Crippen LogP contribution in [0.15, 0.2) is 0 Å². The van der Waals surface area contributed by atoms with Crippen molar-refractivity contribution in [2.45, 2.75) is 38.3 Å². The predicted octanol–water partition coefficient (Wildman–Crippen LogP) is -0.224. The number of carbonyl (C=O) groups excluding carboxylic acids is 1. The Labute approximate surface area is 125 Å². The van der Waals surface area contributed by atoms with Crippen LogP contribution in [-0.2, 0) is 19.4 Å². The van der Waals surface area contributed by atoms with Crippen LogP contribution in [0.2, 0.25) is 0 Å². The monoisotopic (exact) mass is 316 g/mol. The lowest BCUT2D eigenvalue weighted by Gasteiger charge is -2.65. The fourth-order valence-corrected chi connectivity index (χ4v) is 5.39. The highest BCUT2D eigenvalue weighted by molar-refractivity contribution is 7.91. The average molecular weight is 316 g/mol. The van der Waals surface area contributed by atoms with Crippen molar-refractivity contribution in [2.24, 2.45) is 17.1 Å². The summed E-state index contributed by atoms with van der Waals surface area (Å²) in [6.07, 6.45) is 1.87. The maximum atomic E-state index is 12.9. The molecule has 2 saturated heterocycles. The van der Waals surface area contributed by atoms with Crippen molar-refractivity contribution < 1.29 is 17.9 Å². The summed E-state index contributed by atoms with van der Waals surface area (Å²) in [6, 6.07) is 0. The van der Waals surface area contributed by atoms with E-state index in [0.29, 0.717) is 0 Å². The highest BCUT2D eigenvalue weighted by atomic mass is 32.2. The van der Waals surface area contributed by atoms with E-state index in [2.05, 4.69) is 0 Å². The number of ether oxygens (including phenoxy) is 1. The second-order valence-corrected chi connectivity index (χ2v) is 9.38. The Morgan fingerprint density at radius 3 is 2.52 bits per heavy atom. The van der Waals surface area contributed by atoms with Gasteiger partial charge in [-0.1, -0.05) is 13.8 Å². The van der Waals surface area contributed by atoms with E-state index >= 15 is 0 Å². The average Bonchev–Trinajstić information content (AvgIpc) is 2.45. The molecule has 2 heterocycles. The van der Waals surface area contributed by atoms with E-state index in [1.165, 1.54) is 0 Å². The van der Waals surface area contributed by atoms with Gasteiger partial charge in [0, 0.05) is 31.0 Å². The van der Waals surface area contributed by atoms with E-state index in [9.17, 15) is 13.2 Å². The van der Waals surface area contributed by atoms with Crippen molar-refractivity contribution in [1.82, 2.24) is 4.90 Å². The van der Waals surface area contributed by atoms with Crippen molar-refractivity contribution in [3.8, 4) is 0 Å². The minimum absolute atomic E-state index is 0.0359. The molecule has 2 N–H and O–H groups in total. The summed E-state index contributed by atoms with van der Waals surface area (Å²) in [5.41, 5.74) is 5.21. The molecule has 1 saturated carbocycles. The number of nitrogens with zero attached hydrogens (tertiary/aromatic N) is 1. The molecule has 1 aliphatic carbocycles. The summed E-state index contributed by atoms with van der Waals surface area (Å²) in [6.45, 7) is 5.22. The molecule has 1 amide bonds. The highest BCUT2D eigenvalue weighted by Gasteiger charge is 2.70. The minimum Gasteiger partial charge on any atom is -0.377 e. The molecule has 0 spiro atoms. The largest absolute Gasteiger partial charge is 0.377 e. The van der Waals surface area contributed by atoms with Crippen LogP contribution in [0.5, 0.6) is 0 Å². The molecule has 0 aromatic heterocycles. The van der Waals surface area contributed by atoms with Gasteiger partial charge in [0.15, 0.2) is 9.84 Å². The minimum atomic E-state index is -2.99. The van der Waals surface area contributed by atoms with Crippen LogP contribution in [0.25, 0.3) is 0 Å². The highest BCUT2D eigenvalue weighted by Crippen LogP contribution is 2.58. The molecule has 3 fully saturated rings. The number of fused-ring (bicyclic) bond motifs is 1. The third kappa shape index (κ3) is 2.04. The first-order valence-corrected chi connectivity index (χ1v) is 9.42. The first-order chi connectivity index (χ1) is 9.70. The van der Waals surface area contributed by atoms with E-state index in [1.54, 1.807) is 4.90 Å². The third-order valence-corrected chi connectivity index (χ3v) is 7.28. The van der Waals surface area contributed by atoms with Gasteiger partial charge in [-0.2, -0.15) is 0 Å². The first-order valence-electron chi connectivity index (χ1n) is 7.60. The Bertz CT molecular complexity index is 545. The van der Waals surface area contributed by atoms with Crippen molar-refractivity contribution >= 4 is 15.7 Å². The van der Waals surface area contributed by atoms with Crippen LogP contribution in [0.1, 0.15) is 26.7 Å². The smallest absolute Gasteiger partial charge is 0.243 e. The van der Waals surface area contributed by atoms with Crippen LogP contribution in [0.3, 0.4) is 0 Å². The standard InChI is InChI=1S/C14H24N2O4S/c1-13(2)11-10(4-3-7-20-11)14(13,15)12(17)16-5-8-21(18,19)9-6-16/h10-11H,3-9,15H2,1-2H3. The third-order valence-electron chi connectivity index (χ3n) is 5.67. The van der Waals surface area contributed by atoms with E-state index in [4.69, 9.17) is 10.5 Å². The number of rotatable bonds is 1. The molecule has 0 aromatic rings. The van der Waals surface area contributed by atoms with Crippen LogP contribution in [0, 0.1) is 11.3 Å². The second kappa shape index (κ2) is 4.67. The van der Waals surface area contributed by atoms with Gasteiger partial charge in [-0.25, -0.2) is 8.42 Å². The number of carbonyl (C=O) groups is 1. The van der Waals surface area contributed by atoms with Gasteiger partial charge in [-0.15, -0.1) is 0 Å². The Balaban J connectivity index is 1.80.